The highest BCUT2D eigenvalue weighted by Gasteiger charge is 2.11. The molecule has 1 heterocycles. The third-order valence-corrected chi connectivity index (χ3v) is 2.16. The highest BCUT2D eigenvalue weighted by atomic mass is 127. The summed E-state index contributed by atoms with van der Waals surface area (Å²) in [4.78, 5) is 14.4. The number of rotatable bonds is 3. The van der Waals surface area contributed by atoms with Crippen LogP contribution in [0.15, 0.2) is 18.3 Å². The Kier molecular flexibility index (Phi) is 3.61. The van der Waals surface area contributed by atoms with Crippen molar-refractivity contribution in [1.29, 1.82) is 0 Å². The number of carboxylic acids is 1. The van der Waals surface area contributed by atoms with Crippen LogP contribution in [-0.4, -0.2) is 16.1 Å². The molecule has 0 aliphatic carbocycles. The van der Waals surface area contributed by atoms with Crippen molar-refractivity contribution >= 4 is 28.6 Å². The van der Waals surface area contributed by atoms with E-state index in [0.29, 0.717) is 5.69 Å². The summed E-state index contributed by atoms with van der Waals surface area (Å²) in [6, 6.07) is 3.08. The second kappa shape index (κ2) is 4.52. The Morgan fingerprint density at radius 1 is 1.69 bits per heavy atom. The highest BCUT2D eigenvalue weighted by Crippen LogP contribution is 2.12. The van der Waals surface area contributed by atoms with E-state index in [2.05, 4.69) is 27.6 Å². The Morgan fingerprint density at radius 3 is 2.85 bits per heavy atom. The van der Waals surface area contributed by atoms with Crippen LogP contribution in [0.3, 0.4) is 0 Å². The SMILES string of the molecule is NC(CC(=O)O)c1ccc(I)cn1. The Hall–Kier alpha value is -0.690. The van der Waals surface area contributed by atoms with E-state index in [1.165, 1.54) is 0 Å². The number of carbonyl (C=O) groups is 1. The topological polar surface area (TPSA) is 76.2 Å². The molecule has 0 aliphatic heterocycles. The van der Waals surface area contributed by atoms with E-state index in [1.807, 2.05) is 6.07 Å². The van der Waals surface area contributed by atoms with E-state index < -0.39 is 12.0 Å². The largest absolute Gasteiger partial charge is 0.481 e. The molecule has 3 N–H and O–H groups in total. The molecule has 1 rings (SSSR count). The van der Waals surface area contributed by atoms with Gasteiger partial charge < -0.3 is 10.8 Å². The van der Waals surface area contributed by atoms with Crippen LogP contribution < -0.4 is 5.73 Å². The van der Waals surface area contributed by atoms with Crippen LogP contribution in [0.2, 0.25) is 0 Å². The van der Waals surface area contributed by atoms with E-state index in [-0.39, 0.29) is 6.42 Å². The first-order valence-corrected chi connectivity index (χ1v) is 4.76. The van der Waals surface area contributed by atoms with Gasteiger partial charge in [0, 0.05) is 9.77 Å². The summed E-state index contributed by atoms with van der Waals surface area (Å²) in [5, 5.41) is 8.49. The molecule has 0 saturated heterocycles. The van der Waals surface area contributed by atoms with Crippen molar-refractivity contribution in [2.75, 3.05) is 0 Å². The molecule has 4 nitrogen and oxygen atoms in total. The molecule has 1 unspecified atom stereocenters. The number of hydrogen-bond acceptors (Lipinski definition) is 3. The molecular weight excluding hydrogens is 283 g/mol. The zero-order valence-electron chi connectivity index (χ0n) is 6.77. The van der Waals surface area contributed by atoms with Crippen LogP contribution in [0.4, 0.5) is 0 Å². The van der Waals surface area contributed by atoms with Crippen molar-refractivity contribution in [2.24, 2.45) is 5.73 Å². The fourth-order valence-electron chi connectivity index (χ4n) is 0.899. The zero-order valence-corrected chi connectivity index (χ0v) is 8.93. The zero-order chi connectivity index (χ0) is 9.84. The van der Waals surface area contributed by atoms with Gasteiger partial charge in [-0.25, -0.2) is 0 Å². The Bertz CT molecular complexity index is 300. The summed E-state index contributed by atoms with van der Waals surface area (Å²) in [5.74, 6) is -0.909. The normalized spacial score (nSPS) is 12.5. The van der Waals surface area contributed by atoms with Crippen LogP contribution >= 0.6 is 22.6 Å². The van der Waals surface area contributed by atoms with E-state index in [0.717, 1.165) is 3.57 Å². The van der Waals surface area contributed by atoms with Gasteiger partial charge in [-0.15, -0.1) is 0 Å². The predicted molar refractivity (Wildman–Crippen MR) is 56.1 cm³/mol. The van der Waals surface area contributed by atoms with Crippen molar-refractivity contribution in [3.8, 4) is 0 Å². The van der Waals surface area contributed by atoms with E-state index in [1.54, 1.807) is 12.3 Å². The molecule has 1 atom stereocenters. The fraction of sp³-hybridized carbons (Fsp3) is 0.250. The number of nitrogens with zero attached hydrogens (tertiary/aromatic N) is 1. The quantitative estimate of drug-likeness (QED) is 0.820. The van der Waals surface area contributed by atoms with Crippen molar-refractivity contribution in [1.82, 2.24) is 4.98 Å². The average molecular weight is 292 g/mol. The molecule has 1 aromatic rings. The van der Waals surface area contributed by atoms with Gasteiger partial charge in [0.1, 0.15) is 0 Å². The average Bonchev–Trinajstić information content (AvgIpc) is 2.04. The second-order valence-corrected chi connectivity index (χ2v) is 3.85. The summed E-state index contributed by atoms with van der Waals surface area (Å²) in [6.07, 6.45) is 1.57. The Balaban J connectivity index is 2.71. The lowest BCUT2D eigenvalue weighted by Crippen LogP contribution is -2.16. The summed E-state index contributed by atoms with van der Waals surface area (Å²) >= 11 is 2.13. The number of hydrogen-bond donors (Lipinski definition) is 2. The molecule has 5 heteroatoms. The van der Waals surface area contributed by atoms with E-state index in [4.69, 9.17) is 10.8 Å². The minimum Gasteiger partial charge on any atom is -0.481 e. The predicted octanol–water partition coefficient (Wildman–Crippen LogP) is 1.16. The first-order valence-electron chi connectivity index (χ1n) is 3.68. The van der Waals surface area contributed by atoms with Gasteiger partial charge in [0.2, 0.25) is 0 Å². The smallest absolute Gasteiger partial charge is 0.305 e. The first-order chi connectivity index (χ1) is 6.09. The molecule has 0 fully saturated rings. The van der Waals surface area contributed by atoms with Gasteiger partial charge in [-0.05, 0) is 34.7 Å². The number of aliphatic carboxylic acids is 1. The van der Waals surface area contributed by atoms with Crippen LogP contribution in [0.5, 0.6) is 0 Å². The third kappa shape index (κ3) is 3.27. The first kappa shape index (κ1) is 10.4. The summed E-state index contributed by atoms with van der Waals surface area (Å²) < 4.78 is 1.00. The van der Waals surface area contributed by atoms with Crippen molar-refractivity contribution < 1.29 is 9.90 Å². The standard InChI is InChI=1S/C8H9IN2O2/c9-5-1-2-7(11-4-5)6(10)3-8(12)13/h1-2,4,6H,3,10H2,(H,12,13). The Morgan fingerprint density at radius 2 is 2.38 bits per heavy atom. The maximum Gasteiger partial charge on any atom is 0.305 e. The number of halogens is 1. The van der Waals surface area contributed by atoms with Gasteiger partial charge in [0.25, 0.3) is 0 Å². The highest BCUT2D eigenvalue weighted by molar-refractivity contribution is 14.1. The number of nitrogens with two attached hydrogens (primary N) is 1. The van der Waals surface area contributed by atoms with Gasteiger partial charge >= 0.3 is 5.97 Å². The maximum absolute atomic E-state index is 10.3. The van der Waals surface area contributed by atoms with Crippen molar-refractivity contribution in [2.45, 2.75) is 12.5 Å². The second-order valence-electron chi connectivity index (χ2n) is 2.61. The van der Waals surface area contributed by atoms with Crippen LogP contribution in [0.1, 0.15) is 18.2 Å². The number of aromatic nitrogens is 1. The third-order valence-electron chi connectivity index (χ3n) is 1.52. The lowest BCUT2D eigenvalue weighted by molar-refractivity contribution is -0.137. The minimum absolute atomic E-state index is 0.0897. The molecule has 0 radical (unpaired) electrons. The molecule has 1 aromatic heterocycles. The fourth-order valence-corrected chi connectivity index (χ4v) is 1.22. The van der Waals surface area contributed by atoms with Gasteiger partial charge in [-0.3, -0.25) is 9.78 Å². The molecule has 0 saturated carbocycles. The molecule has 13 heavy (non-hydrogen) atoms. The van der Waals surface area contributed by atoms with E-state index >= 15 is 0 Å². The van der Waals surface area contributed by atoms with Gasteiger partial charge in [-0.1, -0.05) is 0 Å². The number of pyridine rings is 1. The molecule has 0 aliphatic rings. The maximum atomic E-state index is 10.3. The minimum atomic E-state index is -0.909. The Labute approximate surface area is 89.3 Å². The number of carboxylic acid groups (broad SMARTS) is 1. The molecular formula is C8H9IN2O2. The van der Waals surface area contributed by atoms with E-state index in [9.17, 15) is 4.79 Å². The van der Waals surface area contributed by atoms with Crippen LogP contribution in [0, 0.1) is 3.57 Å². The summed E-state index contributed by atoms with van der Waals surface area (Å²) in [7, 11) is 0. The molecule has 0 aromatic carbocycles. The van der Waals surface area contributed by atoms with Gasteiger partial charge in [0.05, 0.1) is 18.2 Å². The molecule has 0 bridgehead atoms. The summed E-state index contributed by atoms with van der Waals surface area (Å²) in [6.45, 7) is 0. The lowest BCUT2D eigenvalue weighted by atomic mass is 10.1. The molecule has 70 valence electrons. The lowest BCUT2D eigenvalue weighted by Gasteiger charge is -2.07. The van der Waals surface area contributed by atoms with Crippen molar-refractivity contribution in [3.05, 3.63) is 27.6 Å². The van der Waals surface area contributed by atoms with Crippen LogP contribution in [-0.2, 0) is 4.79 Å². The van der Waals surface area contributed by atoms with Gasteiger partial charge in [-0.2, -0.15) is 0 Å². The monoisotopic (exact) mass is 292 g/mol. The van der Waals surface area contributed by atoms with Gasteiger partial charge in [0.15, 0.2) is 0 Å². The molecule has 0 amide bonds. The molecule has 0 spiro atoms. The van der Waals surface area contributed by atoms with Crippen molar-refractivity contribution in [3.63, 3.8) is 0 Å². The van der Waals surface area contributed by atoms with Crippen LogP contribution in [0.25, 0.3) is 0 Å². The summed E-state index contributed by atoms with van der Waals surface area (Å²) in [5.41, 5.74) is 6.21.